The quantitative estimate of drug-likeness (QED) is 0.865. The first-order chi connectivity index (χ1) is 9.11. The number of pyridine rings is 1. The molecule has 102 valence electrons. The van der Waals surface area contributed by atoms with Crippen LogP contribution >= 0.6 is 23.2 Å². The molecule has 1 N–H and O–H groups in total. The van der Waals surface area contributed by atoms with E-state index < -0.39 is 0 Å². The molecule has 2 aromatic rings. The zero-order valence-corrected chi connectivity index (χ0v) is 12.1. The lowest BCUT2D eigenvalue weighted by Gasteiger charge is -2.13. The molecular weight excluding hydrogens is 285 g/mol. The van der Waals surface area contributed by atoms with Gasteiger partial charge < -0.3 is 9.67 Å². The summed E-state index contributed by atoms with van der Waals surface area (Å²) in [5.74, 6) is 0.374. The first kappa shape index (κ1) is 13.2. The van der Waals surface area contributed by atoms with Crippen molar-refractivity contribution < 1.29 is 5.11 Å². The standard InChI is InChI=1S/C13H15Cl2N3O/c1-7-10(14)11-13(17-12(7)15)18(6-16-11)9-3-2-8(4-9)5-19/h6,8-9,19H,2-5H2,1H3. The lowest BCUT2D eigenvalue weighted by molar-refractivity contribution is 0.226. The number of hydrogen-bond donors (Lipinski definition) is 1. The van der Waals surface area contributed by atoms with Crippen molar-refractivity contribution in [3.05, 3.63) is 22.1 Å². The van der Waals surface area contributed by atoms with Gasteiger partial charge in [-0.05, 0) is 32.1 Å². The van der Waals surface area contributed by atoms with E-state index in [1.54, 1.807) is 6.33 Å². The largest absolute Gasteiger partial charge is 0.396 e. The average Bonchev–Trinajstić information content (AvgIpc) is 3.01. The number of aliphatic hydroxyl groups excluding tert-OH is 1. The lowest BCUT2D eigenvalue weighted by atomic mass is 10.1. The molecule has 0 spiro atoms. The Morgan fingerprint density at radius 2 is 2.21 bits per heavy atom. The zero-order chi connectivity index (χ0) is 13.6. The van der Waals surface area contributed by atoms with Crippen LogP contribution in [0.5, 0.6) is 0 Å². The number of hydrogen-bond acceptors (Lipinski definition) is 3. The van der Waals surface area contributed by atoms with Gasteiger partial charge in [0.05, 0.1) is 11.3 Å². The molecule has 0 aromatic carbocycles. The Morgan fingerprint density at radius 3 is 2.89 bits per heavy atom. The predicted octanol–water partition coefficient (Wildman–Crippen LogP) is 3.38. The summed E-state index contributed by atoms with van der Waals surface area (Å²) in [7, 11) is 0. The molecule has 1 saturated carbocycles. The predicted molar refractivity (Wildman–Crippen MR) is 75.7 cm³/mol. The van der Waals surface area contributed by atoms with Crippen LogP contribution in [-0.2, 0) is 0 Å². The van der Waals surface area contributed by atoms with Crippen molar-refractivity contribution >= 4 is 34.4 Å². The Kier molecular flexibility index (Phi) is 3.41. The van der Waals surface area contributed by atoms with Crippen LogP contribution in [0.25, 0.3) is 11.2 Å². The molecule has 2 heterocycles. The van der Waals surface area contributed by atoms with Crippen molar-refractivity contribution in [2.75, 3.05) is 6.61 Å². The Labute approximate surface area is 121 Å². The fourth-order valence-corrected chi connectivity index (χ4v) is 3.25. The van der Waals surface area contributed by atoms with E-state index in [9.17, 15) is 5.11 Å². The van der Waals surface area contributed by atoms with Gasteiger partial charge in [-0.15, -0.1) is 0 Å². The Bertz CT molecular complexity index is 626. The van der Waals surface area contributed by atoms with E-state index in [-0.39, 0.29) is 6.61 Å². The molecule has 0 amide bonds. The van der Waals surface area contributed by atoms with Gasteiger partial charge in [0.15, 0.2) is 5.65 Å². The minimum absolute atomic E-state index is 0.247. The van der Waals surface area contributed by atoms with E-state index in [0.29, 0.717) is 27.7 Å². The van der Waals surface area contributed by atoms with E-state index in [4.69, 9.17) is 23.2 Å². The minimum atomic E-state index is 0.247. The molecule has 2 aromatic heterocycles. The molecule has 2 atom stereocenters. The Balaban J connectivity index is 2.06. The van der Waals surface area contributed by atoms with Gasteiger partial charge in [0.1, 0.15) is 10.7 Å². The van der Waals surface area contributed by atoms with Crippen molar-refractivity contribution in [1.82, 2.24) is 14.5 Å². The highest BCUT2D eigenvalue weighted by atomic mass is 35.5. The summed E-state index contributed by atoms with van der Waals surface area (Å²) in [6, 6.07) is 0.324. The van der Waals surface area contributed by atoms with Crippen LogP contribution in [0, 0.1) is 12.8 Å². The van der Waals surface area contributed by atoms with Gasteiger partial charge in [-0.2, -0.15) is 0 Å². The Morgan fingerprint density at radius 1 is 1.42 bits per heavy atom. The Hall–Kier alpha value is -0.840. The van der Waals surface area contributed by atoms with Crippen molar-refractivity contribution in [2.24, 2.45) is 5.92 Å². The van der Waals surface area contributed by atoms with Crippen LogP contribution in [0.4, 0.5) is 0 Å². The highest BCUT2D eigenvalue weighted by Crippen LogP contribution is 2.37. The van der Waals surface area contributed by atoms with E-state index in [1.165, 1.54) is 0 Å². The molecule has 0 saturated heterocycles. The highest BCUT2D eigenvalue weighted by Gasteiger charge is 2.27. The topological polar surface area (TPSA) is 50.9 Å². The summed E-state index contributed by atoms with van der Waals surface area (Å²) < 4.78 is 2.04. The molecule has 1 fully saturated rings. The van der Waals surface area contributed by atoms with Gasteiger partial charge in [-0.1, -0.05) is 23.2 Å². The van der Waals surface area contributed by atoms with Crippen LogP contribution in [0.3, 0.4) is 0 Å². The van der Waals surface area contributed by atoms with Crippen molar-refractivity contribution in [2.45, 2.75) is 32.2 Å². The number of aromatic nitrogens is 3. The molecule has 2 unspecified atom stereocenters. The summed E-state index contributed by atoms with van der Waals surface area (Å²) in [5, 5.41) is 10.2. The SMILES string of the molecule is Cc1c(Cl)nc2c(ncn2C2CCC(CO)C2)c1Cl. The first-order valence-corrected chi connectivity index (χ1v) is 7.16. The van der Waals surface area contributed by atoms with Crippen LogP contribution in [0.2, 0.25) is 10.2 Å². The second-order valence-corrected chi connectivity index (χ2v) is 5.92. The maximum atomic E-state index is 9.24. The molecule has 4 nitrogen and oxygen atoms in total. The van der Waals surface area contributed by atoms with E-state index >= 15 is 0 Å². The van der Waals surface area contributed by atoms with Crippen LogP contribution in [0.1, 0.15) is 30.9 Å². The zero-order valence-electron chi connectivity index (χ0n) is 10.6. The minimum Gasteiger partial charge on any atom is -0.396 e. The van der Waals surface area contributed by atoms with Gasteiger partial charge in [0, 0.05) is 18.2 Å². The van der Waals surface area contributed by atoms with Crippen LogP contribution in [0.15, 0.2) is 6.33 Å². The third-order valence-electron chi connectivity index (χ3n) is 3.98. The van der Waals surface area contributed by atoms with Gasteiger partial charge in [0.25, 0.3) is 0 Å². The van der Waals surface area contributed by atoms with E-state index in [2.05, 4.69) is 9.97 Å². The molecule has 6 heteroatoms. The maximum absolute atomic E-state index is 9.24. The number of halogens is 2. The fourth-order valence-electron chi connectivity index (χ4n) is 2.80. The molecule has 1 aliphatic carbocycles. The summed E-state index contributed by atoms with van der Waals surface area (Å²) in [4.78, 5) is 8.77. The fraction of sp³-hybridized carbons (Fsp3) is 0.538. The molecule has 0 bridgehead atoms. The average molecular weight is 300 g/mol. The summed E-state index contributed by atoms with van der Waals surface area (Å²) in [6.07, 6.45) is 4.80. The van der Waals surface area contributed by atoms with Gasteiger partial charge in [-0.3, -0.25) is 0 Å². The summed E-state index contributed by atoms with van der Waals surface area (Å²) in [5.41, 5.74) is 2.21. The number of nitrogens with zero attached hydrogens (tertiary/aromatic N) is 3. The molecule has 0 radical (unpaired) electrons. The molecule has 1 aliphatic rings. The van der Waals surface area contributed by atoms with Gasteiger partial charge in [0.2, 0.25) is 0 Å². The van der Waals surface area contributed by atoms with E-state index in [0.717, 1.165) is 30.5 Å². The molecule has 3 rings (SSSR count). The third kappa shape index (κ3) is 2.12. The summed E-state index contributed by atoms with van der Waals surface area (Å²) in [6.45, 7) is 2.09. The van der Waals surface area contributed by atoms with Crippen molar-refractivity contribution in [3.63, 3.8) is 0 Å². The third-order valence-corrected chi connectivity index (χ3v) is 4.81. The number of imidazole rings is 1. The normalized spacial score (nSPS) is 23.4. The van der Waals surface area contributed by atoms with Crippen LogP contribution < -0.4 is 0 Å². The van der Waals surface area contributed by atoms with Crippen molar-refractivity contribution in [1.29, 1.82) is 0 Å². The highest BCUT2D eigenvalue weighted by molar-refractivity contribution is 6.38. The second kappa shape index (κ2) is 4.93. The lowest BCUT2D eigenvalue weighted by Crippen LogP contribution is -2.07. The smallest absolute Gasteiger partial charge is 0.163 e. The molecular formula is C13H15Cl2N3O. The number of fused-ring (bicyclic) bond motifs is 1. The summed E-state index contributed by atoms with van der Waals surface area (Å²) >= 11 is 12.4. The number of rotatable bonds is 2. The molecule has 0 aliphatic heterocycles. The van der Waals surface area contributed by atoms with Gasteiger partial charge >= 0.3 is 0 Å². The van der Waals surface area contributed by atoms with Crippen LogP contribution in [-0.4, -0.2) is 26.2 Å². The second-order valence-electron chi connectivity index (χ2n) is 5.18. The number of aliphatic hydroxyl groups is 1. The van der Waals surface area contributed by atoms with Crippen molar-refractivity contribution in [3.8, 4) is 0 Å². The first-order valence-electron chi connectivity index (χ1n) is 6.40. The monoisotopic (exact) mass is 299 g/mol. The van der Waals surface area contributed by atoms with E-state index in [1.807, 2.05) is 11.5 Å². The maximum Gasteiger partial charge on any atom is 0.163 e. The molecule has 19 heavy (non-hydrogen) atoms. The van der Waals surface area contributed by atoms with Gasteiger partial charge in [-0.25, -0.2) is 9.97 Å².